The van der Waals surface area contributed by atoms with E-state index in [1.54, 1.807) is 0 Å². The highest BCUT2D eigenvalue weighted by Gasteiger charge is 2.01. The van der Waals surface area contributed by atoms with Crippen LogP contribution in [-0.2, 0) is 4.79 Å². The number of nitrogens with one attached hydrogen (secondary N) is 1. The molecule has 1 N–H and O–H groups in total. The van der Waals surface area contributed by atoms with Gasteiger partial charge in [-0.05, 0) is 26.1 Å². The highest BCUT2D eigenvalue weighted by atomic mass is 16.1. The zero-order chi connectivity index (χ0) is 9.72. The van der Waals surface area contributed by atoms with Crippen molar-refractivity contribution in [2.75, 3.05) is 0 Å². The average molecular weight is 166 g/mol. The summed E-state index contributed by atoms with van der Waals surface area (Å²) in [5, 5.41) is 2.56. The predicted octanol–water partition coefficient (Wildman–Crippen LogP) is 1.63. The highest BCUT2D eigenvalue weighted by Crippen LogP contribution is 2.10. The number of hydrogen-bond acceptors (Lipinski definition) is 2. The van der Waals surface area contributed by atoms with Crippen molar-refractivity contribution in [3.05, 3.63) is 23.5 Å². The molecule has 3 heteroatoms. The summed E-state index contributed by atoms with van der Waals surface area (Å²) >= 11 is 0. The SMILES string of the molecule is C=N/C(NC(C)=O)=C(/C)C(=C)C. The molecule has 0 heterocycles. The zero-order valence-corrected chi connectivity index (χ0v) is 7.77. The van der Waals surface area contributed by atoms with Crippen molar-refractivity contribution < 1.29 is 4.79 Å². The molecule has 3 nitrogen and oxygen atoms in total. The molecule has 0 radical (unpaired) electrons. The molecule has 0 fully saturated rings. The second kappa shape index (κ2) is 4.49. The molecule has 0 saturated heterocycles. The van der Waals surface area contributed by atoms with Gasteiger partial charge in [0.15, 0.2) is 0 Å². The van der Waals surface area contributed by atoms with Gasteiger partial charge < -0.3 is 5.32 Å². The van der Waals surface area contributed by atoms with Crippen LogP contribution >= 0.6 is 0 Å². The minimum absolute atomic E-state index is 0.155. The number of nitrogens with zero attached hydrogens (tertiary/aromatic N) is 1. The summed E-state index contributed by atoms with van der Waals surface area (Å²) in [6.45, 7) is 12.2. The van der Waals surface area contributed by atoms with Crippen molar-refractivity contribution in [3.8, 4) is 0 Å². The van der Waals surface area contributed by atoms with E-state index in [2.05, 4.69) is 23.6 Å². The molecule has 0 bridgehead atoms. The van der Waals surface area contributed by atoms with Crippen molar-refractivity contribution in [2.24, 2.45) is 4.99 Å². The van der Waals surface area contributed by atoms with Gasteiger partial charge in [-0.25, -0.2) is 4.99 Å². The number of carbonyl (C=O) groups is 1. The number of hydrogen-bond donors (Lipinski definition) is 1. The van der Waals surface area contributed by atoms with Gasteiger partial charge in [-0.1, -0.05) is 12.2 Å². The Kier molecular flexibility index (Phi) is 3.97. The van der Waals surface area contributed by atoms with E-state index in [-0.39, 0.29) is 5.91 Å². The Morgan fingerprint density at radius 1 is 1.33 bits per heavy atom. The largest absolute Gasteiger partial charge is 0.311 e. The van der Waals surface area contributed by atoms with Crippen molar-refractivity contribution in [2.45, 2.75) is 20.8 Å². The summed E-state index contributed by atoms with van der Waals surface area (Å²) in [4.78, 5) is 14.4. The van der Waals surface area contributed by atoms with Gasteiger partial charge in [-0.2, -0.15) is 0 Å². The maximum absolute atomic E-state index is 10.7. The van der Waals surface area contributed by atoms with Crippen LogP contribution < -0.4 is 5.32 Å². The molecule has 0 spiro atoms. The predicted molar refractivity (Wildman–Crippen MR) is 50.9 cm³/mol. The summed E-state index contributed by atoms with van der Waals surface area (Å²) in [7, 11) is 0. The van der Waals surface area contributed by atoms with E-state index >= 15 is 0 Å². The van der Waals surface area contributed by atoms with Gasteiger partial charge in [-0.15, -0.1) is 0 Å². The molecule has 0 atom stereocenters. The first-order valence-electron chi connectivity index (χ1n) is 3.60. The first kappa shape index (κ1) is 10.6. The molecule has 0 unspecified atom stereocenters. The van der Waals surface area contributed by atoms with Crippen molar-refractivity contribution >= 4 is 12.6 Å². The van der Waals surface area contributed by atoms with Crippen LogP contribution in [0.25, 0.3) is 0 Å². The second-order valence-corrected chi connectivity index (χ2v) is 2.59. The van der Waals surface area contributed by atoms with Crippen LogP contribution in [0, 0.1) is 0 Å². The van der Waals surface area contributed by atoms with E-state index in [9.17, 15) is 4.79 Å². The maximum Gasteiger partial charge on any atom is 0.222 e. The second-order valence-electron chi connectivity index (χ2n) is 2.59. The zero-order valence-electron chi connectivity index (χ0n) is 7.77. The van der Waals surface area contributed by atoms with Gasteiger partial charge in [0.1, 0.15) is 5.82 Å². The van der Waals surface area contributed by atoms with Crippen molar-refractivity contribution in [3.63, 3.8) is 0 Å². The number of carbonyl (C=O) groups excluding carboxylic acids is 1. The minimum atomic E-state index is -0.155. The van der Waals surface area contributed by atoms with Gasteiger partial charge >= 0.3 is 0 Å². The lowest BCUT2D eigenvalue weighted by molar-refractivity contribution is -0.118. The standard InChI is InChI=1S/C9H14N2O/c1-6(2)7(3)9(10-5)11-8(4)12/h1,5H2,2-4H3,(H,11,12)/b9-7+. The fraction of sp³-hybridized carbons (Fsp3) is 0.333. The molecule has 0 aliphatic heterocycles. The molecule has 0 rings (SSSR count). The molecule has 0 aromatic rings. The van der Waals surface area contributed by atoms with E-state index < -0.39 is 0 Å². The monoisotopic (exact) mass is 166 g/mol. The van der Waals surface area contributed by atoms with Crippen LogP contribution in [0.4, 0.5) is 0 Å². The Morgan fingerprint density at radius 2 is 1.83 bits per heavy atom. The van der Waals surface area contributed by atoms with Gasteiger partial charge in [0, 0.05) is 6.92 Å². The molecule has 0 aliphatic rings. The van der Waals surface area contributed by atoms with E-state index in [1.165, 1.54) is 6.92 Å². The first-order chi connectivity index (χ1) is 5.49. The molecule has 0 aromatic carbocycles. The number of aliphatic imine (C=N–C) groups is 1. The Balaban J connectivity index is 4.73. The maximum atomic E-state index is 10.7. The third kappa shape index (κ3) is 3.14. The molecular weight excluding hydrogens is 152 g/mol. The van der Waals surface area contributed by atoms with Gasteiger partial charge in [-0.3, -0.25) is 4.79 Å². The molecular formula is C9H14N2O. The van der Waals surface area contributed by atoms with Crippen LogP contribution in [-0.4, -0.2) is 12.6 Å². The smallest absolute Gasteiger partial charge is 0.222 e. The third-order valence-corrected chi connectivity index (χ3v) is 1.45. The molecule has 66 valence electrons. The molecule has 0 aliphatic carbocycles. The highest BCUT2D eigenvalue weighted by molar-refractivity contribution is 5.75. The Morgan fingerprint density at radius 3 is 2.08 bits per heavy atom. The van der Waals surface area contributed by atoms with Crippen molar-refractivity contribution in [1.82, 2.24) is 5.32 Å². The van der Waals surface area contributed by atoms with Crippen LogP contribution in [0.1, 0.15) is 20.8 Å². The topological polar surface area (TPSA) is 41.5 Å². The van der Waals surface area contributed by atoms with Crippen LogP contribution in [0.2, 0.25) is 0 Å². The number of allylic oxidation sites excluding steroid dienone is 2. The Labute approximate surface area is 72.9 Å². The summed E-state index contributed by atoms with van der Waals surface area (Å²) in [6, 6.07) is 0. The minimum Gasteiger partial charge on any atom is -0.311 e. The van der Waals surface area contributed by atoms with Gasteiger partial charge in [0.05, 0.1) is 0 Å². The number of amides is 1. The van der Waals surface area contributed by atoms with Gasteiger partial charge in [0.2, 0.25) is 5.91 Å². The van der Waals surface area contributed by atoms with E-state index in [0.29, 0.717) is 5.82 Å². The summed E-state index contributed by atoms with van der Waals surface area (Å²) in [5.74, 6) is 0.327. The summed E-state index contributed by atoms with van der Waals surface area (Å²) < 4.78 is 0. The van der Waals surface area contributed by atoms with E-state index in [4.69, 9.17) is 0 Å². The molecule has 12 heavy (non-hydrogen) atoms. The van der Waals surface area contributed by atoms with Crippen LogP contribution in [0.3, 0.4) is 0 Å². The van der Waals surface area contributed by atoms with Gasteiger partial charge in [0.25, 0.3) is 0 Å². The molecule has 0 saturated carbocycles. The lowest BCUT2D eigenvalue weighted by Gasteiger charge is -2.06. The van der Waals surface area contributed by atoms with Crippen molar-refractivity contribution in [1.29, 1.82) is 0 Å². The fourth-order valence-corrected chi connectivity index (χ4v) is 0.621. The summed E-state index contributed by atoms with van der Waals surface area (Å²) in [5.41, 5.74) is 1.71. The molecule has 0 aromatic heterocycles. The van der Waals surface area contributed by atoms with E-state index in [0.717, 1.165) is 11.1 Å². The average Bonchev–Trinajstić information content (AvgIpc) is 1.98. The third-order valence-electron chi connectivity index (χ3n) is 1.45. The lowest BCUT2D eigenvalue weighted by atomic mass is 10.1. The number of rotatable bonds is 3. The quantitative estimate of drug-likeness (QED) is 0.502. The lowest BCUT2D eigenvalue weighted by Crippen LogP contribution is -2.19. The first-order valence-corrected chi connectivity index (χ1v) is 3.60. The Hall–Kier alpha value is -1.38. The Bertz CT molecular complexity index is 251. The van der Waals surface area contributed by atoms with Crippen LogP contribution in [0.15, 0.2) is 28.5 Å². The van der Waals surface area contributed by atoms with E-state index in [1.807, 2.05) is 13.8 Å². The fourth-order valence-electron chi connectivity index (χ4n) is 0.621. The molecule has 1 amide bonds. The summed E-state index contributed by atoms with van der Waals surface area (Å²) in [6.07, 6.45) is 0. The normalized spacial score (nSPS) is 11.6. The van der Waals surface area contributed by atoms with Crippen LogP contribution in [0.5, 0.6) is 0 Å².